The zero-order valence-corrected chi connectivity index (χ0v) is 10.9. The van der Waals surface area contributed by atoms with Crippen LogP contribution in [0.15, 0.2) is 30.3 Å². The summed E-state index contributed by atoms with van der Waals surface area (Å²) in [6, 6.07) is 9.08. The van der Waals surface area contributed by atoms with Crippen molar-refractivity contribution in [1.82, 2.24) is 0 Å². The lowest BCUT2D eigenvalue weighted by atomic mass is 10.0. The highest BCUT2D eigenvalue weighted by Crippen LogP contribution is 2.28. The second-order valence-corrected chi connectivity index (χ2v) is 4.32. The molecule has 3 nitrogen and oxygen atoms in total. The van der Waals surface area contributed by atoms with Crippen molar-refractivity contribution >= 4 is 5.97 Å². The highest BCUT2D eigenvalue weighted by atomic mass is 16.4. The SMILES string of the molecule is CC[N+](CC)(CC)C(C(=O)O)c1ccccc1. The highest BCUT2D eigenvalue weighted by Gasteiger charge is 2.39. The third-order valence-electron chi connectivity index (χ3n) is 3.79. The zero-order chi connectivity index (χ0) is 12.9. The van der Waals surface area contributed by atoms with Crippen molar-refractivity contribution in [1.29, 1.82) is 0 Å². The molecule has 0 aliphatic rings. The fraction of sp³-hybridized carbons (Fsp3) is 0.500. The molecule has 0 amide bonds. The fourth-order valence-corrected chi connectivity index (χ4v) is 2.55. The topological polar surface area (TPSA) is 37.3 Å². The molecule has 0 radical (unpaired) electrons. The second kappa shape index (κ2) is 5.82. The first-order valence-electron chi connectivity index (χ1n) is 6.24. The lowest BCUT2D eigenvalue weighted by Gasteiger charge is -2.40. The van der Waals surface area contributed by atoms with Crippen LogP contribution in [0.25, 0.3) is 0 Å². The largest absolute Gasteiger partial charge is 0.477 e. The van der Waals surface area contributed by atoms with E-state index >= 15 is 0 Å². The Morgan fingerprint density at radius 1 is 1.12 bits per heavy atom. The molecule has 1 N–H and O–H groups in total. The van der Waals surface area contributed by atoms with E-state index in [1.807, 2.05) is 30.3 Å². The van der Waals surface area contributed by atoms with Crippen LogP contribution in [0.3, 0.4) is 0 Å². The van der Waals surface area contributed by atoms with Crippen molar-refractivity contribution in [2.45, 2.75) is 26.8 Å². The molecule has 0 heterocycles. The lowest BCUT2D eigenvalue weighted by Crippen LogP contribution is -2.53. The third kappa shape index (κ3) is 2.67. The van der Waals surface area contributed by atoms with Crippen LogP contribution in [-0.4, -0.2) is 35.2 Å². The van der Waals surface area contributed by atoms with E-state index in [2.05, 4.69) is 20.8 Å². The van der Waals surface area contributed by atoms with Gasteiger partial charge in [-0.05, 0) is 20.8 Å². The summed E-state index contributed by atoms with van der Waals surface area (Å²) in [6.07, 6.45) is 0. The summed E-state index contributed by atoms with van der Waals surface area (Å²) in [7, 11) is 0. The predicted octanol–water partition coefficient (Wildman–Crippen LogP) is 2.69. The molecule has 1 rings (SSSR count). The molecule has 0 saturated carbocycles. The van der Waals surface area contributed by atoms with Gasteiger partial charge in [0.25, 0.3) is 0 Å². The Morgan fingerprint density at radius 3 is 1.94 bits per heavy atom. The van der Waals surface area contributed by atoms with Gasteiger partial charge in [0.1, 0.15) is 0 Å². The second-order valence-electron chi connectivity index (χ2n) is 4.32. The van der Waals surface area contributed by atoms with Crippen LogP contribution in [0.5, 0.6) is 0 Å². The third-order valence-corrected chi connectivity index (χ3v) is 3.79. The van der Waals surface area contributed by atoms with Crippen LogP contribution >= 0.6 is 0 Å². The quantitative estimate of drug-likeness (QED) is 0.771. The average Bonchev–Trinajstić information content (AvgIpc) is 2.36. The first-order valence-corrected chi connectivity index (χ1v) is 6.24. The van der Waals surface area contributed by atoms with E-state index in [1.165, 1.54) is 0 Å². The van der Waals surface area contributed by atoms with Gasteiger partial charge < -0.3 is 9.59 Å². The van der Waals surface area contributed by atoms with Crippen LogP contribution in [-0.2, 0) is 4.79 Å². The Bertz CT molecular complexity index is 349. The van der Waals surface area contributed by atoms with E-state index in [-0.39, 0.29) is 0 Å². The Labute approximate surface area is 103 Å². The molecule has 1 atom stereocenters. The van der Waals surface area contributed by atoms with Crippen LogP contribution < -0.4 is 0 Å². The Morgan fingerprint density at radius 2 is 1.59 bits per heavy atom. The van der Waals surface area contributed by atoms with Crippen LogP contribution in [0.4, 0.5) is 0 Å². The molecule has 0 spiro atoms. The molecule has 0 aromatic heterocycles. The zero-order valence-electron chi connectivity index (χ0n) is 10.9. The number of carbonyl (C=O) groups is 1. The molecule has 17 heavy (non-hydrogen) atoms. The molecule has 1 unspecified atom stereocenters. The average molecular weight is 236 g/mol. The Kier molecular flexibility index (Phi) is 4.70. The van der Waals surface area contributed by atoms with Crippen LogP contribution in [0.1, 0.15) is 32.4 Å². The molecule has 0 aliphatic heterocycles. The van der Waals surface area contributed by atoms with E-state index in [0.717, 1.165) is 25.2 Å². The minimum Gasteiger partial charge on any atom is -0.477 e. The maximum Gasteiger partial charge on any atom is 0.367 e. The number of hydrogen-bond acceptors (Lipinski definition) is 1. The summed E-state index contributed by atoms with van der Waals surface area (Å²) in [5.74, 6) is -0.734. The first kappa shape index (κ1) is 13.7. The van der Waals surface area contributed by atoms with Crippen LogP contribution in [0, 0.1) is 0 Å². The van der Waals surface area contributed by atoms with Crippen molar-refractivity contribution in [2.24, 2.45) is 0 Å². The van der Waals surface area contributed by atoms with E-state index in [9.17, 15) is 9.90 Å². The normalized spacial score (nSPS) is 13.4. The number of rotatable bonds is 6. The summed E-state index contributed by atoms with van der Waals surface area (Å²) >= 11 is 0. The molecule has 0 bridgehead atoms. The summed E-state index contributed by atoms with van der Waals surface area (Å²) in [5, 5.41) is 9.54. The summed E-state index contributed by atoms with van der Waals surface area (Å²) in [6.45, 7) is 8.68. The van der Waals surface area contributed by atoms with Crippen molar-refractivity contribution in [3.63, 3.8) is 0 Å². The smallest absolute Gasteiger partial charge is 0.367 e. The van der Waals surface area contributed by atoms with E-state index in [0.29, 0.717) is 4.48 Å². The molecule has 3 heteroatoms. The predicted molar refractivity (Wildman–Crippen MR) is 68.7 cm³/mol. The van der Waals surface area contributed by atoms with Crippen molar-refractivity contribution in [3.05, 3.63) is 35.9 Å². The number of carboxylic acids is 1. The monoisotopic (exact) mass is 236 g/mol. The van der Waals surface area contributed by atoms with Gasteiger partial charge >= 0.3 is 5.97 Å². The highest BCUT2D eigenvalue weighted by molar-refractivity contribution is 5.74. The Balaban J connectivity index is 3.21. The van der Waals surface area contributed by atoms with Gasteiger partial charge in [-0.15, -0.1) is 0 Å². The molecule has 94 valence electrons. The Hall–Kier alpha value is -1.35. The summed E-state index contributed by atoms with van der Waals surface area (Å²) < 4.78 is 0.597. The fourth-order valence-electron chi connectivity index (χ4n) is 2.55. The van der Waals surface area contributed by atoms with Gasteiger partial charge in [0.05, 0.1) is 19.6 Å². The molecule has 0 aliphatic carbocycles. The van der Waals surface area contributed by atoms with E-state index in [4.69, 9.17) is 0 Å². The van der Waals surface area contributed by atoms with E-state index < -0.39 is 12.0 Å². The molecule has 1 aromatic carbocycles. The number of hydrogen-bond donors (Lipinski definition) is 1. The van der Waals surface area contributed by atoms with Crippen molar-refractivity contribution < 1.29 is 14.4 Å². The maximum atomic E-state index is 11.6. The first-order chi connectivity index (χ1) is 8.11. The number of quaternary nitrogens is 1. The number of nitrogens with zero attached hydrogens (tertiary/aromatic N) is 1. The summed E-state index contributed by atoms with van der Waals surface area (Å²) in [5.41, 5.74) is 0.894. The van der Waals surface area contributed by atoms with Crippen LogP contribution in [0.2, 0.25) is 0 Å². The van der Waals surface area contributed by atoms with E-state index in [1.54, 1.807) is 0 Å². The number of carboxylic acid groups (broad SMARTS) is 1. The molecule has 1 aromatic rings. The van der Waals surface area contributed by atoms with Gasteiger partial charge in [-0.25, -0.2) is 4.79 Å². The number of likely N-dealkylation sites (N-methyl/N-ethyl adjacent to an activating group) is 1. The van der Waals surface area contributed by atoms with Gasteiger partial charge in [-0.3, -0.25) is 0 Å². The lowest BCUT2D eigenvalue weighted by molar-refractivity contribution is -0.944. The number of benzene rings is 1. The minimum absolute atomic E-state index is 0.462. The molecular formula is C14H22NO2+. The van der Waals surface area contributed by atoms with Gasteiger partial charge in [0, 0.05) is 5.56 Å². The molecular weight excluding hydrogens is 214 g/mol. The summed E-state index contributed by atoms with van der Waals surface area (Å²) in [4.78, 5) is 11.6. The number of aliphatic carboxylic acids is 1. The maximum absolute atomic E-state index is 11.6. The van der Waals surface area contributed by atoms with Crippen molar-refractivity contribution in [3.8, 4) is 0 Å². The standard InChI is InChI=1S/C14H21NO2/c1-4-15(5-2,6-3)13(14(16)17)12-10-8-7-9-11-12/h7-11,13H,4-6H2,1-3H3/p+1. The minimum atomic E-state index is -0.734. The van der Waals surface area contributed by atoms with Crippen molar-refractivity contribution in [2.75, 3.05) is 19.6 Å². The van der Waals surface area contributed by atoms with Gasteiger partial charge in [-0.2, -0.15) is 0 Å². The molecule has 0 fully saturated rings. The molecule has 0 saturated heterocycles. The van der Waals surface area contributed by atoms with Gasteiger partial charge in [0.2, 0.25) is 6.04 Å². The van der Waals surface area contributed by atoms with Gasteiger partial charge in [0.15, 0.2) is 0 Å². The van der Waals surface area contributed by atoms with Gasteiger partial charge in [-0.1, -0.05) is 30.3 Å².